The van der Waals surface area contributed by atoms with Gasteiger partial charge in [-0.3, -0.25) is 4.79 Å². The SMILES string of the molecule is COc1csc(C(=O)NCc2nc3ccccc3[nH]2)c1. The molecule has 1 amide bonds. The maximum absolute atomic E-state index is 12.0. The molecular formula is C14H13N3O2S. The molecule has 1 aromatic carbocycles. The van der Waals surface area contributed by atoms with E-state index in [4.69, 9.17) is 4.74 Å². The van der Waals surface area contributed by atoms with Crippen molar-refractivity contribution in [2.45, 2.75) is 6.54 Å². The van der Waals surface area contributed by atoms with Gasteiger partial charge in [-0.2, -0.15) is 0 Å². The number of hydrogen-bond acceptors (Lipinski definition) is 4. The fourth-order valence-corrected chi connectivity index (χ4v) is 2.66. The third-order valence-electron chi connectivity index (χ3n) is 2.89. The van der Waals surface area contributed by atoms with Crippen molar-refractivity contribution in [2.75, 3.05) is 7.11 Å². The number of thiophene rings is 1. The summed E-state index contributed by atoms with van der Waals surface area (Å²) in [6, 6.07) is 9.49. The molecule has 0 unspecified atom stereocenters. The lowest BCUT2D eigenvalue weighted by Gasteiger charge is -2.00. The molecular weight excluding hydrogens is 274 g/mol. The van der Waals surface area contributed by atoms with Crippen LogP contribution < -0.4 is 10.1 Å². The maximum atomic E-state index is 12.0. The summed E-state index contributed by atoms with van der Waals surface area (Å²) in [7, 11) is 1.58. The molecule has 0 saturated carbocycles. The van der Waals surface area contributed by atoms with Crippen LogP contribution in [0.4, 0.5) is 0 Å². The minimum Gasteiger partial charge on any atom is -0.496 e. The molecule has 0 atom stereocenters. The number of nitrogens with one attached hydrogen (secondary N) is 2. The zero-order valence-corrected chi connectivity index (χ0v) is 11.7. The second-order valence-electron chi connectivity index (χ2n) is 4.23. The van der Waals surface area contributed by atoms with Gasteiger partial charge in [0.05, 0.1) is 29.6 Å². The van der Waals surface area contributed by atoms with Crippen molar-refractivity contribution in [1.29, 1.82) is 0 Å². The highest BCUT2D eigenvalue weighted by Gasteiger charge is 2.10. The maximum Gasteiger partial charge on any atom is 0.261 e. The number of ether oxygens (including phenoxy) is 1. The first-order valence-electron chi connectivity index (χ1n) is 6.10. The molecule has 102 valence electrons. The van der Waals surface area contributed by atoms with Gasteiger partial charge >= 0.3 is 0 Å². The molecule has 20 heavy (non-hydrogen) atoms. The third kappa shape index (κ3) is 2.50. The predicted octanol–water partition coefficient (Wildman–Crippen LogP) is 2.56. The summed E-state index contributed by atoms with van der Waals surface area (Å²) in [5.74, 6) is 1.31. The molecule has 3 aromatic rings. The number of aromatic nitrogens is 2. The number of amides is 1. The number of hydrogen-bond donors (Lipinski definition) is 2. The van der Waals surface area contributed by atoms with Crippen molar-refractivity contribution < 1.29 is 9.53 Å². The van der Waals surface area contributed by atoms with Crippen molar-refractivity contribution in [3.05, 3.63) is 46.4 Å². The van der Waals surface area contributed by atoms with Crippen molar-refractivity contribution in [1.82, 2.24) is 15.3 Å². The number of carbonyl (C=O) groups excluding carboxylic acids is 1. The molecule has 0 saturated heterocycles. The zero-order valence-electron chi connectivity index (χ0n) is 10.8. The Hall–Kier alpha value is -2.34. The summed E-state index contributed by atoms with van der Waals surface area (Å²) >= 11 is 1.35. The first kappa shape index (κ1) is 12.7. The van der Waals surface area contributed by atoms with Gasteiger partial charge in [-0.05, 0) is 12.1 Å². The average molecular weight is 287 g/mol. The molecule has 0 aliphatic heterocycles. The van der Waals surface area contributed by atoms with Gasteiger partial charge in [-0.1, -0.05) is 12.1 Å². The highest BCUT2D eigenvalue weighted by molar-refractivity contribution is 7.12. The van der Waals surface area contributed by atoms with E-state index in [1.54, 1.807) is 18.6 Å². The lowest BCUT2D eigenvalue weighted by Crippen LogP contribution is -2.22. The lowest BCUT2D eigenvalue weighted by molar-refractivity contribution is 0.0954. The Morgan fingerprint density at radius 1 is 1.45 bits per heavy atom. The van der Waals surface area contributed by atoms with Crippen LogP contribution in [0.5, 0.6) is 5.75 Å². The standard InChI is InChI=1S/C14H13N3O2S/c1-19-9-6-12(20-8-9)14(18)15-7-13-16-10-4-2-3-5-11(10)17-13/h2-6,8H,7H2,1H3,(H,15,18)(H,16,17). The van der Waals surface area contributed by atoms with Crippen LogP contribution in [0.2, 0.25) is 0 Å². The van der Waals surface area contributed by atoms with E-state index in [9.17, 15) is 4.79 Å². The van der Waals surface area contributed by atoms with Crippen molar-refractivity contribution in [3.8, 4) is 5.75 Å². The van der Waals surface area contributed by atoms with E-state index in [0.717, 1.165) is 16.9 Å². The van der Waals surface area contributed by atoms with Crippen LogP contribution in [-0.2, 0) is 6.54 Å². The predicted molar refractivity (Wildman–Crippen MR) is 78.1 cm³/mol. The number of fused-ring (bicyclic) bond motifs is 1. The first-order chi connectivity index (χ1) is 9.76. The van der Waals surface area contributed by atoms with E-state index >= 15 is 0 Å². The summed E-state index contributed by atoms with van der Waals surface area (Å²) < 4.78 is 5.06. The Morgan fingerprint density at radius 2 is 2.30 bits per heavy atom. The van der Waals surface area contributed by atoms with Gasteiger partial charge < -0.3 is 15.0 Å². The largest absolute Gasteiger partial charge is 0.496 e. The van der Waals surface area contributed by atoms with Crippen LogP contribution in [0.3, 0.4) is 0 Å². The first-order valence-corrected chi connectivity index (χ1v) is 6.98. The summed E-state index contributed by atoms with van der Waals surface area (Å²) in [5, 5.41) is 4.64. The van der Waals surface area contributed by atoms with E-state index in [0.29, 0.717) is 17.2 Å². The summed E-state index contributed by atoms with van der Waals surface area (Å²) in [6.07, 6.45) is 0. The summed E-state index contributed by atoms with van der Waals surface area (Å²) in [4.78, 5) is 20.2. The molecule has 3 rings (SSSR count). The van der Waals surface area contributed by atoms with Crippen molar-refractivity contribution >= 4 is 28.3 Å². The second kappa shape index (κ2) is 5.34. The Kier molecular flexibility index (Phi) is 3.39. The number of benzene rings is 1. The van der Waals surface area contributed by atoms with E-state index in [-0.39, 0.29) is 5.91 Å². The normalized spacial score (nSPS) is 10.7. The van der Waals surface area contributed by atoms with Crippen LogP contribution in [0.1, 0.15) is 15.5 Å². The van der Waals surface area contributed by atoms with E-state index in [1.165, 1.54) is 11.3 Å². The van der Waals surface area contributed by atoms with Crippen LogP contribution in [0.25, 0.3) is 11.0 Å². The number of methoxy groups -OCH3 is 1. The van der Waals surface area contributed by atoms with Gasteiger partial charge in [0.1, 0.15) is 11.6 Å². The fraction of sp³-hybridized carbons (Fsp3) is 0.143. The van der Waals surface area contributed by atoms with Gasteiger partial charge in [-0.25, -0.2) is 4.98 Å². The molecule has 0 bridgehead atoms. The molecule has 0 radical (unpaired) electrons. The fourth-order valence-electron chi connectivity index (χ4n) is 1.89. The van der Waals surface area contributed by atoms with Gasteiger partial charge in [0.15, 0.2) is 0 Å². The molecule has 0 aliphatic carbocycles. The van der Waals surface area contributed by atoms with Crippen molar-refractivity contribution in [2.24, 2.45) is 0 Å². The molecule has 6 heteroatoms. The number of para-hydroxylation sites is 2. The molecule has 2 N–H and O–H groups in total. The Morgan fingerprint density at radius 3 is 3.05 bits per heavy atom. The van der Waals surface area contributed by atoms with Gasteiger partial charge in [-0.15, -0.1) is 11.3 Å². The van der Waals surface area contributed by atoms with E-state index < -0.39 is 0 Å². The number of carbonyl (C=O) groups is 1. The average Bonchev–Trinajstić information content (AvgIpc) is 3.10. The molecule has 2 heterocycles. The molecule has 0 fully saturated rings. The van der Waals surface area contributed by atoms with Crippen LogP contribution >= 0.6 is 11.3 Å². The third-order valence-corrected chi connectivity index (χ3v) is 3.80. The molecule has 2 aromatic heterocycles. The monoisotopic (exact) mass is 287 g/mol. The topological polar surface area (TPSA) is 67.0 Å². The van der Waals surface area contributed by atoms with Gasteiger partial charge in [0.25, 0.3) is 5.91 Å². The number of imidazole rings is 1. The molecule has 5 nitrogen and oxygen atoms in total. The van der Waals surface area contributed by atoms with Crippen molar-refractivity contribution in [3.63, 3.8) is 0 Å². The number of H-pyrrole nitrogens is 1. The van der Waals surface area contributed by atoms with E-state index in [1.807, 2.05) is 24.3 Å². The van der Waals surface area contributed by atoms with Crippen LogP contribution in [-0.4, -0.2) is 23.0 Å². The minimum atomic E-state index is -0.126. The van der Waals surface area contributed by atoms with Gasteiger partial charge in [0, 0.05) is 11.4 Å². The quantitative estimate of drug-likeness (QED) is 0.775. The lowest BCUT2D eigenvalue weighted by atomic mass is 10.3. The summed E-state index contributed by atoms with van der Waals surface area (Å²) in [6.45, 7) is 0.369. The number of aromatic amines is 1. The Labute approximate surface area is 119 Å². The summed E-state index contributed by atoms with van der Waals surface area (Å²) in [5.41, 5.74) is 1.86. The molecule has 0 spiro atoms. The number of nitrogens with zero attached hydrogens (tertiary/aromatic N) is 1. The van der Waals surface area contributed by atoms with Gasteiger partial charge in [0.2, 0.25) is 0 Å². The smallest absolute Gasteiger partial charge is 0.261 e. The minimum absolute atomic E-state index is 0.126. The zero-order chi connectivity index (χ0) is 13.9. The molecule has 0 aliphatic rings. The highest BCUT2D eigenvalue weighted by Crippen LogP contribution is 2.20. The highest BCUT2D eigenvalue weighted by atomic mass is 32.1. The second-order valence-corrected chi connectivity index (χ2v) is 5.15. The van der Waals surface area contributed by atoms with Crippen LogP contribution in [0.15, 0.2) is 35.7 Å². The number of rotatable bonds is 4. The Balaban J connectivity index is 1.68. The van der Waals surface area contributed by atoms with E-state index in [2.05, 4.69) is 15.3 Å². The Bertz CT molecular complexity index is 715. The van der Waals surface area contributed by atoms with Crippen LogP contribution in [0, 0.1) is 0 Å².